The van der Waals surface area contributed by atoms with Crippen LogP contribution in [-0.4, -0.2) is 34.3 Å². The van der Waals surface area contributed by atoms with Crippen molar-refractivity contribution < 1.29 is 22.7 Å². The van der Waals surface area contributed by atoms with Crippen LogP contribution < -0.4 is 19.5 Å². The molecule has 1 aliphatic heterocycles. The highest BCUT2D eigenvalue weighted by Crippen LogP contribution is 2.33. The maximum Gasteiger partial charge on any atom is 0.262 e. The molecule has 1 fully saturated rings. The Morgan fingerprint density at radius 3 is 2.54 bits per heavy atom. The molecule has 1 atom stereocenters. The first-order valence-electron chi connectivity index (χ1n) is 7.69. The van der Waals surface area contributed by atoms with Crippen LogP contribution in [0.25, 0.3) is 0 Å². The third-order valence-electron chi connectivity index (χ3n) is 3.78. The van der Waals surface area contributed by atoms with Gasteiger partial charge in [-0.15, -0.1) is 11.8 Å². The molecule has 1 amide bonds. The van der Waals surface area contributed by atoms with Crippen molar-refractivity contribution in [3.8, 4) is 11.5 Å². The number of rotatable bonds is 6. The number of carbonyl (C=O) groups excluding carboxylic acids is 1. The summed E-state index contributed by atoms with van der Waals surface area (Å²) in [6.45, 7) is 0. The monoisotopic (exact) mass is 394 g/mol. The maximum absolute atomic E-state index is 12.7. The van der Waals surface area contributed by atoms with Crippen LogP contribution in [0.2, 0.25) is 0 Å². The largest absolute Gasteiger partial charge is 0.493 e. The van der Waals surface area contributed by atoms with E-state index in [0.717, 1.165) is 5.56 Å². The van der Waals surface area contributed by atoms with E-state index in [4.69, 9.17) is 9.47 Å². The summed E-state index contributed by atoms with van der Waals surface area (Å²) in [4.78, 5) is 11.4. The molecule has 138 valence electrons. The first kappa shape index (κ1) is 18.4. The molecule has 0 aliphatic carbocycles. The number of amides is 1. The molecule has 1 aliphatic rings. The SMILES string of the molecule is COc1ccc(S(=O)(=O)Nc2cccc(C3NC(=O)CS3)c2)cc1OC. The minimum Gasteiger partial charge on any atom is -0.493 e. The van der Waals surface area contributed by atoms with Crippen molar-refractivity contribution in [2.24, 2.45) is 0 Å². The molecular formula is C17H18N2O5S2. The smallest absolute Gasteiger partial charge is 0.262 e. The average Bonchev–Trinajstić information content (AvgIpc) is 3.07. The van der Waals surface area contributed by atoms with Gasteiger partial charge in [0.05, 0.1) is 24.9 Å². The van der Waals surface area contributed by atoms with Crippen LogP contribution in [-0.2, 0) is 14.8 Å². The molecular weight excluding hydrogens is 376 g/mol. The van der Waals surface area contributed by atoms with Crippen molar-refractivity contribution >= 4 is 33.4 Å². The molecule has 0 radical (unpaired) electrons. The number of hydrogen-bond acceptors (Lipinski definition) is 6. The minimum atomic E-state index is -3.80. The molecule has 0 bridgehead atoms. The molecule has 2 N–H and O–H groups in total. The summed E-state index contributed by atoms with van der Waals surface area (Å²) in [6, 6.07) is 11.3. The topological polar surface area (TPSA) is 93.7 Å². The number of thioether (sulfide) groups is 1. The van der Waals surface area contributed by atoms with Crippen molar-refractivity contribution in [1.82, 2.24) is 5.32 Å². The molecule has 2 aromatic rings. The van der Waals surface area contributed by atoms with Crippen molar-refractivity contribution in [1.29, 1.82) is 0 Å². The number of sulfonamides is 1. The maximum atomic E-state index is 12.7. The Hall–Kier alpha value is -2.39. The van der Waals surface area contributed by atoms with Crippen LogP contribution in [0, 0.1) is 0 Å². The summed E-state index contributed by atoms with van der Waals surface area (Å²) >= 11 is 1.47. The molecule has 0 aromatic heterocycles. The van der Waals surface area contributed by atoms with Crippen LogP contribution in [0.3, 0.4) is 0 Å². The van der Waals surface area contributed by atoms with E-state index in [1.807, 2.05) is 6.07 Å². The van der Waals surface area contributed by atoms with Crippen LogP contribution in [0.5, 0.6) is 11.5 Å². The second-order valence-electron chi connectivity index (χ2n) is 5.51. The van der Waals surface area contributed by atoms with E-state index in [1.54, 1.807) is 18.2 Å². The van der Waals surface area contributed by atoms with E-state index in [0.29, 0.717) is 22.9 Å². The highest BCUT2D eigenvalue weighted by atomic mass is 32.2. The third-order valence-corrected chi connectivity index (χ3v) is 6.31. The van der Waals surface area contributed by atoms with Crippen molar-refractivity contribution in [3.63, 3.8) is 0 Å². The second kappa shape index (κ2) is 7.46. The number of carbonyl (C=O) groups is 1. The average molecular weight is 394 g/mol. The highest BCUT2D eigenvalue weighted by Gasteiger charge is 2.23. The zero-order valence-corrected chi connectivity index (χ0v) is 15.8. The lowest BCUT2D eigenvalue weighted by molar-refractivity contribution is -0.118. The number of benzene rings is 2. The Kier molecular flexibility index (Phi) is 5.28. The Labute approximate surface area is 156 Å². The predicted octanol–water partition coefficient (Wildman–Crippen LogP) is 2.37. The molecule has 9 heteroatoms. The first-order chi connectivity index (χ1) is 12.4. The standard InChI is InChI=1S/C17H18N2O5S2/c1-23-14-7-6-13(9-15(14)24-2)26(21,22)19-12-5-3-4-11(8-12)17-18-16(20)10-25-17/h3-9,17,19H,10H2,1-2H3,(H,18,20). The van der Waals surface area contributed by atoms with Crippen molar-refractivity contribution in [3.05, 3.63) is 48.0 Å². The first-order valence-corrected chi connectivity index (χ1v) is 10.2. The van der Waals surface area contributed by atoms with Gasteiger partial charge in [0.1, 0.15) is 5.37 Å². The quantitative estimate of drug-likeness (QED) is 0.781. The zero-order chi connectivity index (χ0) is 18.7. The molecule has 2 aromatic carbocycles. The van der Waals surface area contributed by atoms with Crippen molar-refractivity contribution in [2.45, 2.75) is 10.3 Å². The number of nitrogens with one attached hydrogen (secondary N) is 2. The molecule has 1 saturated heterocycles. The molecule has 26 heavy (non-hydrogen) atoms. The van der Waals surface area contributed by atoms with E-state index in [9.17, 15) is 13.2 Å². The van der Waals surface area contributed by atoms with Crippen LogP contribution >= 0.6 is 11.8 Å². The number of methoxy groups -OCH3 is 2. The number of hydrogen-bond donors (Lipinski definition) is 2. The van der Waals surface area contributed by atoms with Gasteiger partial charge in [-0.3, -0.25) is 9.52 Å². The Morgan fingerprint density at radius 1 is 1.12 bits per heavy atom. The second-order valence-corrected chi connectivity index (χ2v) is 8.28. The molecule has 1 heterocycles. The summed E-state index contributed by atoms with van der Waals surface area (Å²) in [6.07, 6.45) is 0. The number of ether oxygens (including phenoxy) is 2. The van der Waals surface area contributed by atoms with Crippen molar-refractivity contribution in [2.75, 3.05) is 24.7 Å². The Bertz CT molecular complexity index is 931. The lowest BCUT2D eigenvalue weighted by atomic mass is 10.2. The molecule has 7 nitrogen and oxygen atoms in total. The van der Waals surface area contributed by atoms with Gasteiger partial charge in [0.25, 0.3) is 10.0 Å². The summed E-state index contributed by atoms with van der Waals surface area (Å²) in [5.41, 5.74) is 1.24. The van der Waals surface area contributed by atoms with Gasteiger partial charge >= 0.3 is 0 Å². The molecule has 0 saturated carbocycles. The van der Waals surface area contributed by atoms with Gasteiger partial charge in [-0.1, -0.05) is 12.1 Å². The summed E-state index contributed by atoms with van der Waals surface area (Å²) in [5.74, 6) is 1.14. The summed E-state index contributed by atoms with van der Waals surface area (Å²) in [5, 5.41) is 2.66. The molecule has 3 rings (SSSR count). The fourth-order valence-corrected chi connectivity index (χ4v) is 4.55. The predicted molar refractivity (Wildman–Crippen MR) is 100 cm³/mol. The fourth-order valence-electron chi connectivity index (χ4n) is 2.53. The van der Waals surface area contributed by atoms with E-state index in [1.165, 1.54) is 44.2 Å². The van der Waals surface area contributed by atoms with Crippen LogP contribution in [0.1, 0.15) is 10.9 Å². The van der Waals surface area contributed by atoms with Crippen LogP contribution in [0.4, 0.5) is 5.69 Å². The lowest BCUT2D eigenvalue weighted by Crippen LogP contribution is -2.19. The van der Waals surface area contributed by atoms with Gasteiger partial charge in [-0.05, 0) is 29.8 Å². The van der Waals surface area contributed by atoms with E-state index >= 15 is 0 Å². The van der Waals surface area contributed by atoms with Crippen LogP contribution in [0.15, 0.2) is 47.4 Å². The minimum absolute atomic E-state index is 0.0312. The van der Waals surface area contributed by atoms with Gasteiger partial charge in [0.2, 0.25) is 5.91 Å². The summed E-state index contributed by atoms with van der Waals surface area (Å²) < 4.78 is 38.2. The van der Waals surface area contributed by atoms with E-state index in [-0.39, 0.29) is 16.2 Å². The third kappa shape index (κ3) is 3.88. The van der Waals surface area contributed by atoms with Gasteiger partial charge in [0.15, 0.2) is 11.5 Å². The zero-order valence-electron chi connectivity index (χ0n) is 14.2. The Balaban J connectivity index is 1.85. The molecule has 0 spiro atoms. The fraction of sp³-hybridized carbons (Fsp3) is 0.235. The molecule has 1 unspecified atom stereocenters. The van der Waals surface area contributed by atoms with Gasteiger partial charge in [-0.25, -0.2) is 8.42 Å². The van der Waals surface area contributed by atoms with E-state index < -0.39 is 10.0 Å². The Morgan fingerprint density at radius 2 is 1.88 bits per heavy atom. The normalized spacial score (nSPS) is 16.8. The summed E-state index contributed by atoms with van der Waals surface area (Å²) in [7, 11) is -0.877. The van der Waals surface area contributed by atoms with Gasteiger partial charge < -0.3 is 14.8 Å². The van der Waals surface area contributed by atoms with E-state index in [2.05, 4.69) is 10.0 Å². The van der Waals surface area contributed by atoms with Gasteiger partial charge in [-0.2, -0.15) is 0 Å². The lowest BCUT2D eigenvalue weighted by Gasteiger charge is -2.14. The number of anilines is 1. The van der Waals surface area contributed by atoms with Gasteiger partial charge in [0, 0.05) is 11.8 Å². The highest BCUT2D eigenvalue weighted by molar-refractivity contribution is 8.00.